The molecule has 0 spiro atoms. The first kappa shape index (κ1) is 17.3. The molecule has 134 valence electrons. The lowest BCUT2D eigenvalue weighted by atomic mass is 9.87. The minimum absolute atomic E-state index is 0.00565. The Balaban J connectivity index is 1.32. The van der Waals surface area contributed by atoms with Gasteiger partial charge in [0.15, 0.2) is 5.76 Å². The Bertz CT molecular complexity index is 494. The lowest BCUT2D eigenvalue weighted by molar-refractivity contribution is -0.152. The maximum atomic E-state index is 12.2. The predicted molar refractivity (Wildman–Crippen MR) is 84.9 cm³/mol. The van der Waals surface area contributed by atoms with Crippen LogP contribution in [0.5, 0.6) is 0 Å². The van der Waals surface area contributed by atoms with E-state index in [9.17, 15) is 9.59 Å². The molecule has 1 aliphatic heterocycles. The van der Waals surface area contributed by atoms with E-state index in [2.05, 4.69) is 6.58 Å². The average Bonchev–Trinajstić information content (AvgIpc) is 3.38. The fourth-order valence-corrected chi connectivity index (χ4v) is 3.65. The predicted octanol–water partition coefficient (Wildman–Crippen LogP) is 2.36. The van der Waals surface area contributed by atoms with E-state index in [1.165, 1.54) is 7.11 Å². The van der Waals surface area contributed by atoms with Gasteiger partial charge in [0.05, 0.1) is 31.8 Å². The second-order valence-electron chi connectivity index (χ2n) is 7.03. The number of methoxy groups -OCH3 is 1. The van der Waals surface area contributed by atoms with Gasteiger partial charge in [0.1, 0.15) is 6.10 Å². The number of epoxide rings is 1. The molecule has 0 aromatic rings. The van der Waals surface area contributed by atoms with E-state index in [0.29, 0.717) is 24.7 Å². The molecule has 3 unspecified atom stereocenters. The molecular weight excluding hydrogens is 312 g/mol. The van der Waals surface area contributed by atoms with Crippen LogP contribution in [-0.4, -0.2) is 44.0 Å². The average molecular weight is 338 g/mol. The SMILES string of the molecule is C=C(OC)C(=O)OC1CCC(COC(=O)C2CCC3OC3C2)CC1. The number of carbonyl (C=O) groups excluding carboxylic acids is 2. The molecule has 0 radical (unpaired) electrons. The first-order valence-electron chi connectivity index (χ1n) is 8.82. The fourth-order valence-electron chi connectivity index (χ4n) is 3.65. The summed E-state index contributed by atoms with van der Waals surface area (Å²) in [6.45, 7) is 3.96. The molecular formula is C18H26O6. The highest BCUT2D eigenvalue weighted by molar-refractivity contribution is 5.85. The van der Waals surface area contributed by atoms with Gasteiger partial charge < -0.3 is 18.9 Å². The monoisotopic (exact) mass is 338 g/mol. The molecule has 3 atom stereocenters. The van der Waals surface area contributed by atoms with Gasteiger partial charge in [-0.15, -0.1) is 0 Å². The Morgan fingerprint density at radius 2 is 1.83 bits per heavy atom. The smallest absolute Gasteiger partial charge is 0.373 e. The Morgan fingerprint density at radius 1 is 1.08 bits per heavy atom. The largest absolute Gasteiger partial charge is 0.490 e. The summed E-state index contributed by atoms with van der Waals surface area (Å²) in [5.41, 5.74) is 0. The van der Waals surface area contributed by atoms with Crippen molar-refractivity contribution in [3.05, 3.63) is 12.3 Å². The second-order valence-corrected chi connectivity index (χ2v) is 7.03. The van der Waals surface area contributed by atoms with Gasteiger partial charge in [-0.3, -0.25) is 4.79 Å². The topological polar surface area (TPSA) is 74.4 Å². The third-order valence-electron chi connectivity index (χ3n) is 5.34. The molecule has 6 heteroatoms. The molecule has 3 aliphatic rings. The summed E-state index contributed by atoms with van der Waals surface area (Å²) in [6.07, 6.45) is 6.63. The van der Waals surface area contributed by atoms with Gasteiger partial charge in [0, 0.05) is 0 Å². The molecule has 1 saturated heterocycles. The van der Waals surface area contributed by atoms with E-state index in [1.807, 2.05) is 0 Å². The van der Waals surface area contributed by atoms with Gasteiger partial charge in [-0.2, -0.15) is 0 Å². The van der Waals surface area contributed by atoms with E-state index in [4.69, 9.17) is 18.9 Å². The summed E-state index contributed by atoms with van der Waals surface area (Å²) in [7, 11) is 1.40. The van der Waals surface area contributed by atoms with Crippen molar-refractivity contribution >= 4 is 11.9 Å². The third-order valence-corrected chi connectivity index (χ3v) is 5.34. The van der Waals surface area contributed by atoms with Crippen LogP contribution in [0.3, 0.4) is 0 Å². The quantitative estimate of drug-likeness (QED) is 0.320. The van der Waals surface area contributed by atoms with Crippen LogP contribution in [0, 0.1) is 11.8 Å². The Labute approximate surface area is 142 Å². The maximum absolute atomic E-state index is 12.2. The highest BCUT2D eigenvalue weighted by Gasteiger charge is 2.46. The first-order chi connectivity index (χ1) is 11.6. The van der Waals surface area contributed by atoms with Crippen molar-refractivity contribution in [1.82, 2.24) is 0 Å². The van der Waals surface area contributed by atoms with Crippen molar-refractivity contribution in [2.24, 2.45) is 11.8 Å². The summed E-state index contributed by atoms with van der Waals surface area (Å²) >= 11 is 0. The van der Waals surface area contributed by atoms with E-state index in [1.54, 1.807) is 0 Å². The van der Waals surface area contributed by atoms with E-state index >= 15 is 0 Å². The zero-order valence-corrected chi connectivity index (χ0v) is 14.2. The number of fused-ring (bicyclic) bond motifs is 1. The molecule has 0 amide bonds. The Hall–Kier alpha value is -1.56. The van der Waals surface area contributed by atoms with Gasteiger partial charge >= 0.3 is 11.9 Å². The molecule has 1 heterocycles. The summed E-state index contributed by atoms with van der Waals surface area (Å²) < 4.78 is 21.1. The van der Waals surface area contributed by atoms with E-state index in [0.717, 1.165) is 44.9 Å². The van der Waals surface area contributed by atoms with Crippen molar-refractivity contribution in [1.29, 1.82) is 0 Å². The van der Waals surface area contributed by atoms with Gasteiger partial charge in [0.25, 0.3) is 0 Å². The van der Waals surface area contributed by atoms with Gasteiger partial charge in [-0.25, -0.2) is 4.79 Å². The number of ether oxygens (including phenoxy) is 4. The molecule has 0 bridgehead atoms. The van der Waals surface area contributed by atoms with Gasteiger partial charge in [-0.05, 0) is 57.4 Å². The molecule has 0 aromatic heterocycles. The molecule has 0 N–H and O–H groups in total. The van der Waals surface area contributed by atoms with Crippen LogP contribution < -0.4 is 0 Å². The van der Waals surface area contributed by atoms with Gasteiger partial charge in [-0.1, -0.05) is 0 Å². The molecule has 6 nitrogen and oxygen atoms in total. The van der Waals surface area contributed by atoms with Crippen molar-refractivity contribution in [2.75, 3.05) is 13.7 Å². The van der Waals surface area contributed by atoms with E-state index < -0.39 is 5.97 Å². The van der Waals surface area contributed by atoms with Crippen LogP contribution in [0.1, 0.15) is 44.9 Å². The molecule has 24 heavy (non-hydrogen) atoms. The zero-order chi connectivity index (χ0) is 17.1. The normalized spacial score (nSPS) is 34.6. The standard InChI is InChI=1S/C18H26O6/c1-11(21-2)17(19)23-14-6-3-12(4-7-14)10-22-18(20)13-5-8-15-16(9-13)24-15/h12-16H,1,3-10H2,2H3. The van der Waals surface area contributed by atoms with E-state index in [-0.39, 0.29) is 23.8 Å². The molecule has 2 aliphatic carbocycles. The molecule has 0 aromatic carbocycles. The fraction of sp³-hybridized carbons (Fsp3) is 0.778. The number of carbonyl (C=O) groups is 2. The van der Waals surface area contributed by atoms with Crippen LogP contribution in [0.2, 0.25) is 0 Å². The minimum Gasteiger partial charge on any atom is -0.490 e. The van der Waals surface area contributed by atoms with Crippen molar-refractivity contribution in [2.45, 2.75) is 63.3 Å². The number of esters is 2. The first-order valence-corrected chi connectivity index (χ1v) is 8.82. The number of hydrogen-bond acceptors (Lipinski definition) is 6. The summed E-state index contributed by atoms with van der Waals surface area (Å²) in [5, 5.41) is 0. The van der Waals surface area contributed by atoms with Crippen LogP contribution in [-0.2, 0) is 28.5 Å². The van der Waals surface area contributed by atoms with Crippen LogP contribution in [0.4, 0.5) is 0 Å². The van der Waals surface area contributed by atoms with Crippen LogP contribution >= 0.6 is 0 Å². The van der Waals surface area contributed by atoms with Crippen molar-refractivity contribution in [3.8, 4) is 0 Å². The van der Waals surface area contributed by atoms with Crippen molar-refractivity contribution < 1.29 is 28.5 Å². The highest BCUT2D eigenvalue weighted by atomic mass is 16.6. The Kier molecular flexibility index (Phi) is 5.43. The zero-order valence-electron chi connectivity index (χ0n) is 14.2. The maximum Gasteiger partial charge on any atom is 0.373 e. The molecule has 2 saturated carbocycles. The third kappa shape index (κ3) is 4.29. The van der Waals surface area contributed by atoms with Crippen molar-refractivity contribution in [3.63, 3.8) is 0 Å². The summed E-state index contributed by atoms with van der Waals surface area (Å²) in [4.78, 5) is 23.8. The lowest BCUT2D eigenvalue weighted by Crippen LogP contribution is -2.29. The molecule has 3 rings (SSSR count). The highest BCUT2D eigenvalue weighted by Crippen LogP contribution is 2.40. The lowest BCUT2D eigenvalue weighted by Gasteiger charge is -2.28. The second kappa shape index (κ2) is 7.55. The number of rotatable bonds is 6. The summed E-state index contributed by atoms with van der Waals surface area (Å²) in [6, 6.07) is 0. The summed E-state index contributed by atoms with van der Waals surface area (Å²) in [5.74, 6) is -0.186. The van der Waals surface area contributed by atoms with Crippen LogP contribution in [0.25, 0.3) is 0 Å². The molecule has 3 fully saturated rings. The van der Waals surface area contributed by atoms with Crippen LogP contribution in [0.15, 0.2) is 12.3 Å². The van der Waals surface area contributed by atoms with Gasteiger partial charge in [0.2, 0.25) is 0 Å². The number of hydrogen-bond donors (Lipinski definition) is 0. The Morgan fingerprint density at radius 3 is 2.50 bits per heavy atom. The minimum atomic E-state index is -0.495.